The van der Waals surface area contributed by atoms with Gasteiger partial charge in [-0.2, -0.15) is 0 Å². The number of hydrogen-bond donors (Lipinski definition) is 1. The average molecular weight is 345 g/mol. The van der Waals surface area contributed by atoms with E-state index in [9.17, 15) is 9.59 Å². The van der Waals surface area contributed by atoms with E-state index in [1.54, 1.807) is 17.0 Å². The molecule has 1 aliphatic rings. The molecule has 2 heterocycles. The van der Waals surface area contributed by atoms with Crippen LogP contribution in [-0.4, -0.2) is 49.1 Å². The lowest BCUT2D eigenvalue weighted by molar-refractivity contribution is -0.137. The number of nitrogens with one attached hydrogen (secondary N) is 1. The van der Waals surface area contributed by atoms with Crippen LogP contribution < -0.4 is 5.32 Å². The van der Waals surface area contributed by atoms with Crippen LogP contribution in [0, 0.1) is 0 Å². The smallest absolute Gasteiger partial charge is 0.287 e. The van der Waals surface area contributed by atoms with E-state index < -0.39 is 5.91 Å². The number of furan rings is 1. The Morgan fingerprint density at radius 2 is 2.30 bits per heavy atom. The Hall–Kier alpha value is -1.34. The minimum atomic E-state index is -0.399. The molecule has 110 valence electrons. The highest BCUT2D eigenvalue weighted by atomic mass is 79.9. The maximum atomic E-state index is 12.0. The first kappa shape index (κ1) is 15.1. The van der Waals surface area contributed by atoms with Crippen LogP contribution in [0.5, 0.6) is 0 Å². The van der Waals surface area contributed by atoms with Crippen molar-refractivity contribution in [3.63, 3.8) is 0 Å². The highest BCUT2D eigenvalue weighted by molar-refractivity contribution is 9.10. The van der Waals surface area contributed by atoms with Crippen molar-refractivity contribution >= 4 is 27.7 Å². The fraction of sp³-hybridized carbons (Fsp3) is 0.538. The van der Waals surface area contributed by atoms with Gasteiger partial charge in [0, 0.05) is 13.1 Å². The lowest BCUT2D eigenvalue weighted by Crippen LogP contribution is -2.48. The molecule has 0 saturated carbocycles. The first-order valence-electron chi connectivity index (χ1n) is 6.53. The zero-order valence-electron chi connectivity index (χ0n) is 11.2. The fourth-order valence-corrected chi connectivity index (χ4v) is 2.29. The molecule has 1 atom stereocenters. The number of hydrogen-bond acceptors (Lipinski definition) is 4. The summed E-state index contributed by atoms with van der Waals surface area (Å²) in [5.41, 5.74) is 0. The predicted octanol–water partition coefficient (Wildman–Crippen LogP) is 1.41. The summed E-state index contributed by atoms with van der Waals surface area (Å²) >= 11 is 3.12. The van der Waals surface area contributed by atoms with Crippen molar-refractivity contribution in [1.82, 2.24) is 10.2 Å². The molecule has 0 radical (unpaired) electrons. The van der Waals surface area contributed by atoms with E-state index in [0.717, 1.165) is 6.42 Å². The number of ether oxygens (including phenoxy) is 1. The van der Waals surface area contributed by atoms with E-state index in [2.05, 4.69) is 21.2 Å². The molecule has 0 spiro atoms. The van der Waals surface area contributed by atoms with Crippen molar-refractivity contribution in [1.29, 1.82) is 0 Å². The second kappa shape index (κ2) is 6.90. The Morgan fingerprint density at radius 1 is 1.50 bits per heavy atom. The van der Waals surface area contributed by atoms with Crippen LogP contribution in [-0.2, 0) is 9.53 Å². The minimum absolute atomic E-state index is 0.0341. The number of halogens is 1. The van der Waals surface area contributed by atoms with Gasteiger partial charge >= 0.3 is 0 Å². The predicted molar refractivity (Wildman–Crippen MR) is 75.4 cm³/mol. The Bertz CT molecular complexity index is 488. The van der Waals surface area contributed by atoms with Crippen LogP contribution in [0.3, 0.4) is 0 Å². The number of carbonyl (C=O) groups is 2. The largest absolute Gasteiger partial charge is 0.444 e. The lowest BCUT2D eigenvalue weighted by atomic mass is 10.2. The summed E-state index contributed by atoms with van der Waals surface area (Å²) in [6.45, 7) is 3.68. The highest BCUT2D eigenvalue weighted by Crippen LogP contribution is 2.13. The average Bonchev–Trinajstić information content (AvgIpc) is 2.91. The Morgan fingerprint density at radius 3 is 2.95 bits per heavy atom. The summed E-state index contributed by atoms with van der Waals surface area (Å²) in [6.07, 6.45) is 0.959. The summed E-state index contributed by atoms with van der Waals surface area (Å²) in [5.74, 6) is -0.326. The molecule has 20 heavy (non-hydrogen) atoms. The molecule has 1 aliphatic heterocycles. The second-order valence-electron chi connectivity index (χ2n) is 4.53. The lowest BCUT2D eigenvalue weighted by Gasteiger charge is -2.32. The third kappa shape index (κ3) is 3.83. The van der Waals surface area contributed by atoms with Crippen molar-refractivity contribution in [3.05, 3.63) is 22.6 Å². The number of morpholine rings is 1. The molecule has 0 aliphatic carbocycles. The van der Waals surface area contributed by atoms with Crippen molar-refractivity contribution < 1.29 is 18.7 Å². The van der Waals surface area contributed by atoms with E-state index in [4.69, 9.17) is 9.15 Å². The number of rotatable bonds is 4. The van der Waals surface area contributed by atoms with Gasteiger partial charge < -0.3 is 19.4 Å². The molecular formula is C13H17BrN2O4. The normalized spacial score (nSPS) is 18.9. The molecular weight excluding hydrogens is 328 g/mol. The van der Waals surface area contributed by atoms with Crippen molar-refractivity contribution in [3.8, 4) is 0 Å². The summed E-state index contributed by atoms with van der Waals surface area (Å²) in [7, 11) is 0. The maximum Gasteiger partial charge on any atom is 0.287 e. The fourth-order valence-electron chi connectivity index (χ4n) is 1.98. The molecule has 0 aromatic carbocycles. The van der Waals surface area contributed by atoms with Gasteiger partial charge in [-0.3, -0.25) is 9.59 Å². The van der Waals surface area contributed by atoms with Crippen LogP contribution in [0.1, 0.15) is 23.9 Å². The minimum Gasteiger partial charge on any atom is -0.444 e. The van der Waals surface area contributed by atoms with E-state index in [-0.39, 0.29) is 24.3 Å². The molecule has 2 amide bonds. The van der Waals surface area contributed by atoms with Crippen LogP contribution >= 0.6 is 15.9 Å². The Labute approximate surface area is 125 Å². The summed E-state index contributed by atoms with van der Waals surface area (Å²) in [6, 6.07) is 3.18. The first-order valence-corrected chi connectivity index (χ1v) is 7.32. The van der Waals surface area contributed by atoms with Crippen molar-refractivity contribution in [2.24, 2.45) is 0 Å². The molecule has 1 fully saturated rings. The van der Waals surface area contributed by atoms with Crippen molar-refractivity contribution in [2.45, 2.75) is 19.4 Å². The van der Waals surface area contributed by atoms with Gasteiger partial charge in [0.2, 0.25) is 5.91 Å². The highest BCUT2D eigenvalue weighted by Gasteiger charge is 2.23. The molecule has 1 aromatic heterocycles. The van der Waals surface area contributed by atoms with Gasteiger partial charge in [-0.05, 0) is 34.5 Å². The Kier molecular flexibility index (Phi) is 5.19. The van der Waals surface area contributed by atoms with Crippen LogP contribution in [0.25, 0.3) is 0 Å². The molecule has 2 rings (SSSR count). The summed E-state index contributed by atoms with van der Waals surface area (Å²) < 4.78 is 11.1. The van der Waals surface area contributed by atoms with Crippen LogP contribution in [0.15, 0.2) is 21.2 Å². The van der Waals surface area contributed by atoms with E-state index in [1.165, 1.54) is 0 Å². The third-order valence-corrected chi connectivity index (χ3v) is 3.57. The van der Waals surface area contributed by atoms with Crippen LogP contribution in [0.2, 0.25) is 0 Å². The van der Waals surface area contributed by atoms with Crippen molar-refractivity contribution in [2.75, 3.05) is 26.2 Å². The van der Waals surface area contributed by atoms with Gasteiger partial charge in [-0.25, -0.2) is 0 Å². The molecule has 7 heteroatoms. The van der Waals surface area contributed by atoms with Gasteiger partial charge in [0.1, 0.15) is 0 Å². The number of carbonyl (C=O) groups excluding carboxylic acids is 2. The SMILES string of the molecule is CCC1CN(C(=O)CNC(=O)c2ccc(Br)o2)CCO1. The van der Waals surface area contributed by atoms with Gasteiger partial charge in [0.05, 0.1) is 19.3 Å². The molecule has 1 aromatic rings. The zero-order chi connectivity index (χ0) is 14.5. The number of nitrogens with zero attached hydrogens (tertiary/aromatic N) is 1. The maximum absolute atomic E-state index is 12.0. The second-order valence-corrected chi connectivity index (χ2v) is 5.31. The van der Waals surface area contributed by atoms with E-state index >= 15 is 0 Å². The summed E-state index contributed by atoms with van der Waals surface area (Å²) in [4.78, 5) is 25.5. The standard InChI is InChI=1S/C13H17BrN2O4/c1-2-9-8-16(5-6-19-9)12(17)7-15-13(18)10-3-4-11(14)20-10/h3-4,9H,2,5-8H2,1H3,(H,15,18). The molecule has 1 saturated heterocycles. The topological polar surface area (TPSA) is 71.8 Å². The van der Waals surface area contributed by atoms with E-state index in [1.807, 2.05) is 6.92 Å². The Balaban J connectivity index is 1.81. The molecule has 0 bridgehead atoms. The number of amides is 2. The molecule has 1 unspecified atom stereocenters. The monoisotopic (exact) mass is 344 g/mol. The van der Waals surface area contributed by atoms with Crippen LogP contribution in [0.4, 0.5) is 0 Å². The molecule has 1 N–H and O–H groups in total. The summed E-state index contributed by atoms with van der Waals surface area (Å²) in [5, 5.41) is 2.56. The zero-order valence-corrected chi connectivity index (χ0v) is 12.8. The van der Waals surface area contributed by atoms with E-state index in [0.29, 0.717) is 24.4 Å². The first-order chi connectivity index (χ1) is 9.60. The van der Waals surface area contributed by atoms with Gasteiger partial charge in [-0.1, -0.05) is 6.92 Å². The molecule has 6 nitrogen and oxygen atoms in total. The third-order valence-electron chi connectivity index (χ3n) is 3.14. The van der Waals surface area contributed by atoms with Gasteiger partial charge in [-0.15, -0.1) is 0 Å². The quantitative estimate of drug-likeness (QED) is 0.896. The van der Waals surface area contributed by atoms with Gasteiger partial charge in [0.25, 0.3) is 5.91 Å². The van der Waals surface area contributed by atoms with Gasteiger partial charge in [0.15, 0.2) is 10.4 Å².